The van der Waals surface area contributed by atoms with Gasteiger partial charge in [-0.3, -0.25) is 14.7 Å². The number of non-ortho nitro benzene ring substituents is 1. The number of nitrogens with zero attached hydrogens (tertiary/aromatic N) is 5. The number of hydrogen-bond donors (Lipinski definition) is 0. The van der Waals surface area contributed by atoms with Crippen molar-refractivity contribution in [1.29, 1.82) is 0 Å². The van der Waals surface area contributed by atoms with Crippen LogP contribution in [0.25, 0.3) is 16.9 Å². The fourth-order valence-electron chi connectivity index (χ4n) is 1.89. The van der Waals surface area contributed by atoms with Crippen LogP contribution in [0.1, 0.15) is 0 Å². The minimum Gasteiger partial charge on any atom is -0.479 e. The highest BCUT2D eigenvalue weighted by Crippen LogP contribution is 2.23. The van der Waals surface area contributed by atoms with Gasteiger partial charge in [-0.1, -0.05) is 0 Å². The predicted octanol–water partition coefficient (Wildman–Crippen LogP) is 1.73. The molecule has 8 heteroatoms. The Morgan fingerprint density at radius 2 is 1.95 bits per heavy atom. The predicted molar refractivity (Wildman–Crippen MR) is 69.9 cm³/mol. The highest BCUT2D eigenvalue weighted by atomic mass is 16.6. The third kappa shape index (κ3) is 1.83. The van der Waals surface area contributed by atoms with Crippen molar-refractivity contribution in [3.05, 3.63) is 47.0 Å². The van der Waals surface area contributed by atoms with Crippen molar-refractivity contribution < 1.29 is 9.66 Å². The first-order valence-corrected chi connectivity index (χ1v) is 5.67. The highest BCUT2D eigenvalue weighted by molar-refractivity contribution is 5.77. The Kier molecular flexibility index (Phi) is 2.75. The van der Waals surface area contributed by atoms with E-state index in [0.29, 0.717) is 17.0 Å². The summed E-state index contributed by atoms with van der Waals surface area (Å²) in [7, 11) is 1.51. The Hall–Kier alpha value is -3.03. The summed E-state index contributed by atoms with van der Waals surface area (Å²) in [5.41, 5.74) is 1.86. The molecular formula is C12H9N5O3. The van der Waals surface area contributed by atoms with Gasteiger partial charge in [0.05, 0.1) is 12.0 Å². The zero-order valence-electron chi connectivity index (χ0n) is 10.4. The van der Waals surface area contributed by atoms with Gasteiger partial charge in [0.15, 0.2) is 11.2 Å². The normalized spacial score (nSPS) is 10.7. The highest BCUT2D eigenvalue weighted by Gasteiger charge is 2.12. The van der Waals surface area contributed by atoms with Crippen LogP contribution in [0.3, 0.4) is 0 Å². The minimum atomic E-state index is -0.443. The lowest BCUT2D eigenvalue weighted by Crippen LogP contribution is -1.96. The molecule has 0 saturated carbocycles. The van der Waals surface area contributed by atoms with Crippen LogP contribution in [0.4, 0.5) is 5.69 Å². The van der Waals surface area contributed by atoms with Gasteiger partial charge >= 0.3 is 0 Å². The van der Waals surface area contributed by atoms with E-state index in [1.54, 1.807) is 23.0 Å². The molecule has 0 N–H and O–H groups in total. The number of aromatic nitrogens is 4. The summed E-state index contributed by atoms with van der Waals surface area (Å²) in [5.74, 6) is 0.385. The van der Waals surface area contributed by atoms with Crippen molar-refractivity contribution in [3.8, 4) is 11.6 Å². The van der Waals surface area contributed by atoms with Crippen molar-refractivity contribution in [2.24, 2.45) is 0 Å². The molecule has 3 aromatic rings. The van der Waals surface area contributed by atoms with Gasteiger partial charge in [-0.15, -0.1) is 0 Å². The van der Waals surface area contributed by atoms with Gasteiger partial charge in [0, 0.05) is 17.8 Å². The van der Waals surface area contributed by atoms with Gasteiger partial charge in [-0.05, 0) is 12.1 Å². The maximum absolute atomic E-state index is 10.6. The summed E-state index contributed by atoms with van der Waals surface area (Å²) in [6.45, 7) is 0. The van der Waals surface area contributed by atoms with Crippen LogP contribution >= 0.6 is 0 Å². The van der Waals surface area contributed by atoms with Gasteiger partial charge in [0.25, 0.3) is 5.69 Å². The minimum absolute atomic E-state index is 0.0328. The van der Waals surface area contributed by atoms with Gasteiger partial charge in [0.2, 0.25) is 5.88 Å². The maximum Gasteiger partial charge on any atom is 0.269 e. The molecular weight excluding hydrogens is 262 g/mol. The topological polar surface area (TPSA) is 96.0 Å². The zero-order chi connectivity index (χ0) is 14.1. The summed E-state index contributed by atoms with van der Waals surface area (Å²) >= 11 is 0. The third-order valence-electron chi connectivity index (χ3n) is 2.83. The van der Waals surface area contributed by atoms with Crippen LogP contribution in [0, 0.1) is 10.1 Å². The first kappa shape index (κ1) is 12.0. The van der Waals surface area contributed by atoms with Crippen LogP contribution < -0.4 is 4.74 Å². The van der Waals surface area contributed by atoms with E-state index in [9.17, 15) is 10.1 Å². The average Bonchev–Trinajstić information content (AvgIpc) is 2.91. The molecule has 0 amide bonds. The van der Waals surface area contributed by atoms with E-state index >= 15 is 0 Å². The molecule has 0 bridgehead atoms. The van der Waals surface area contributed by atoms with Crippen molar-refractivity contribution in [3.63, 3.8) is 0 Å². The Balaban J connectivity index is 2.12. The molecule has 8 nitrogen and oxygen atoms in total. The average molecular weight is 271 g/mol. The molecule has 0 atom stereocenters. The second kappa shape index (κ2) is 4.57. The van der Waals surface area contributed by atoms with Crippen molar-refractivity contribution in [2.45, 2.75) is 0 Å². The quantitative estimate of drug-likeness (QED) is 0.531. The molecule has 2 aromatic heterocycles. The number of ether oxygens (including phenoxy) is 1. The Morgan fingerprint density at radius 3 is 2.60 bits per heavy atom. The Morgan fingerprint density at radius 1 is 1.20 bits per heavy atom. The number of rotatable bonds is 3. The van der Waals surface area contributed by atoms with E-state index < -0.39 is 4.92 Å². The van der Waals surface area contributed by atoms with E-state index in [0.717, 1.165) is 5.69 Å². The lowest BCUT2D eigenvalue weighted by Gasteiger charge is -2.03. The molecule has 0 aliphatic carbocycles. The SMILES string of the molecule is COc1ncnc2c1ncn2-c1ccc([N+](=O)[O-])cc1. The van der Waals surface area contributed by atoms with Crippen LogP contribution in [0.2, 0.25) is 0 Å². The summed E-state index contributed by atoms with van der Waals surface area (Å²) in [6.07, 6.45) is 2.95. The van der Waals surface area contributed by atoms with Crippen LogP contribution in [-0.2, 0) is 0 Å². The number of benzene rings is 1. The molecule has 100 valence electrons. The lowest BCUT2D eigenvalue weighted by atomic mass is 10.3. The fourth-order valence-corrected chi connectivity index (χ4v) is 1.89. The number of nitro groups is 1. The third-order valence-corrected chi connectivity index (χ3v) is 2.83. The number of nitro benzene ring substituents is 1. The fraction of sp³-hybridized carbons (Fsp3) is 0.0833. The molecule has 0 spiro atoms. The Bertz CT molecular complexity index is 781. The molecule has 0 fully saturated rings. The summed E-state index contributed by atoms with van der Waals surface area (Å²) in [6, 6.07) is 6.13. The van der Waals surface area contributed by atoms with Gasteiger partial charge in [-0.2, -0.15) is 4.98 Å². The molecule has 0 unspecified atom stereocenters. The smallest absolute Gasteiger partial charge is 0.269 e. The molecule has 3 rings (SSSR count). The number of methoxy groups -OCH3 is 1. The van der Waals surface area contributed by atoms with Gasteiger partial charge in [0.1, 0.15) is 12.7 Å². The lowest BCUT2D eigenvalue weighted by molar-refractivity contribution is -0.384. The summed E-state index contributed by atoms with van der Waals surface area (Å²) < 4.78 is 6.82. The first-order valence-electron chi connectivity index (χ1n) is 5.67. The molecule has 1 aromatic carbocycles. The molecule has 0 aliphatic rings. The largest absolute Gasteiger partial charge is 0.479 e. The van der Waals surface area contributed by atoms with E-state index in [1.807, 2.05) is 0 Å². The molecule has 0 aliphatic heterocycles. The van der Waals surface area contributed by atoms with Crippen LogP contribution in [0.15, 0.2) is 36.9 Å². The standard InChI is InChI=1S/C12H9N5O3/c1-20-12-10-11(13-6-14-12)16(7-15-10)8-2-4-9(5-3-8)17(18)19/h2-7H,1H3. The molecule has 20 heavy (non-hydrogen) atoms. The number of imidazole rings is 1. The van der Waals surface area contributed by atoms with Crippen molar-refractivity contribution in [1.82, 2.24) is 19.5 Å². The number of hydrogen-bond acceptors (Lipinski definition) is 6. The van der Waals surface area contributed by atoms with Crippen molar-refractivity contribution in [2.75, 3.05) is 7.11 Å². The molecule has 0 saturated heterocycles. The maximum atomic E-state index is 10.6. The van der Waals surface area contributed by atoms with Crippen LogP contribution in [0.5, 0.6) is 5.88 Å². The number of fused-ring (bicyclic) bond motifs is 1. The Labute approximate surface area is 112 Å². The van der Waals surface area contributed by atoms with Crippen LogP contribution in [-0.4, -0.2) is 31.6 Å². The van der Waals surface area contributed by atoms with E-state index in [2.05, 4.69) is 15.0 Å². The second-order valence-electron chi connectivity index (χ2n) is 3.94. The monoisotopic (exact) mass is 271 g/mol. The van der Waals surface area contributed by atoms with E-state index in [4.69, 9.17) is 4.74 Å². The summed E-state index contributed by atoms with van der Waals surface area (Å²) in [5, 5.41) is 10.6. The summed E-state index contributed by atoms with van der Waals surface area (Å²) in [4.78, 5) is 22.5. The van der Waals surface area contributed by atoms with Crippen molar-refractivity contribution >= 4 is 16.9 Å². The zero-order valence-corrected chi connectivity index (χ0v) is 10.4. The molecule has 0 radical (unpaired) electrons. The van der Waals surface area contributed by atoms with E-state index in [1.165, 1.54) is 25.6 Å². The van der Waals surface area contributed by atoms with E-state index in [-0.39, 0.29) is 5.69 Å². The van der Waals surface area contributed by atoms with Gasteiger partial charge < -0.3 is 4.74 Å². The molecule has 2 heterocycles. The first-order chi connectivity index (χ1) is 9.70. The van der Waals surface area contributed by atoms with Gasteiger partial charge in [-0.25, -0.2) is 9.97 Å². The second-order valence-corrected chi connectivity index (χ2v) is 3.94.